The smallest absolute Gasteiger partial charge is 0.259 e. The predicted molar refractivity (Wildman–Crippen MR) is 522 cm³/mol. The van der Waals surface area contributed by atoms with Gasteiger partial charge in [-0.3, -0.25) is 43.8 Å². The fraction of sp³-hybridized carbons (Fsp3) is 0.340. The van der Waals surface area contributed by atoms with Crippen molar-refractivity contribution in [3.8, 4) is 6.07 Å². The largest absolute Gasteiger partial charge is 0.372 e. The van der Waals surface area contributed by atoms with Crippen molar-refractivity contribution in [1.82, 2.24) is 15.3 Å². The number of hydrogen-bond acceptors (Lipinski definition) is 13. The summed E-state index contributed by atoms with van der Waals surface area (Å²) in [6.07, 6.45) is 21.6. The van der Waals surface area contributed by atoms with E-state index in [1.165, 1.54) is 27.7 Å². The number of amidine groups is 1. The van der Waals surface area contributed by atoms with Crippen LogP contribution < -0.4 is 44.5 Å². The molecule has 0 unspecified atom stereocenters. The Hall–Kier alpha value is -13.1. The summed E-state index contributed by atoms with van der Waals surface area (Å²) in [5.74, 6) is 1.67. The van der Waals surface area contributed by atoms with Crippen LogP contribution in [0.4, 0.5) is 72.6 Å². The molecule has 650 valence electrons. The minimum atomic E-state index is -0.780. The molecule has 27 heteroatoms. The Morgan fingerprint density at radius 1 is 0.472 bits per heavy atom. The number of nitrogens with zero attached hydrogens (tertiary/aromatic N) is 15. The van der Waals surface area contributed by atoms with E-state index in [9.17, 15) is 28.4 Å². The second-order valence-electron chi connectivity index (χ2n) is 32.2. The number of aromatic amines is 1. The van der Waals surface area contributed by atoms with E-state index in [2.05, 4.69) is 99.2 Å². The first-order chi connectivity index (χ1) is 60.0. The van der Waals surface area contributed by atoms with Gasteiger partial charge in [-0.2, -0.15) is 5.26 Å². The lowest BCUT2D eigenvalue weighted by Gasteiger charge is -2.43. The molecule has 8 aliphatic rings. The zero-order valence-electron chi connectivity index (χ0n) is 69.6. The fourth-order valence-corrected chi connectivity index (χ4v) is 19.0. The molecule has 0 radical (unpaired) electrons. The summed E-state index contributed by atoms with van der Waals surface area (Å²) in [6, 6.07) is 53.3. The molecule has 3 saturated carbocycles. The maximum atomic E-state index is 14.8. The maximum absolute atomic E-state index is 14.8. The highest BCUT2D eigenvalue weighted by atomic mass is 32.1. The number of hydrogen-bond donors (Lipinski definition) is 2. The van der Waals surface area contributed by atoms with Gasteiger partial charge in [0.1, 0.15) is 41.1 Å². The number of unbranched alkanes of at least 4 members (excludes halogenated alkanes) is 2. The molecule has 4 saturated heterocycles. The van der Waals surface area contributed by atoms with Gasteiger partial charge >= 0.3 is 0 Å². The molecule has 6 heterocycles. The topological polar surface area (TPSA) is 206 Å². The van der Waals surface area contributed by atoms with Crippen LogP contribution in [0.25, 0.3) is 19.4 Å². The monoisotopic (exact) mass is 1770 g/mol. The quantitative estimate of drug-likeness (QED) is 0.0264. The predicted octanol–water partition coefficient (Wildman–Crippen LogP) is 22.1. The third-order valence-electron chi connectivity index (χ3n) is 24.5. The summed E-state index contributed by atoms with van der Waals surface area (Å²) in [4.78, 5) is 104. The van der Waals surface area contributed by atoms with Crippen LogP contribution in [0.1, 0.15) is 175 Å². The van der Waals surface area contributed by atoms with Crippen LogP contribution in [0.15, 0.2) is 181 Å². The lowest BCUT2D eigenvalue weighted by Crippen LogP contribution is -2.55. The Labute approximate surface area is 766 Å². The summed E-state index contributed by atoms with van der Waals surface area (Å²) >= 11 is 23.0. The number of aliphatic imine (C=N–C) groups is 1. The van der Waals surface area contributed by atoms with E-state index < -0.39 is 16.6 Å². The number of halogens is 1. The average Bonchev–Trinajstić information content (AvgIpc) is 1.57. The van der Waals surface area contributed by atoms with Crippen LogP contribution in [0.3, 0.4) is 0 Å². The summed E-state index contributed by atoms with van der Waals surface area (Å²) in [6.45, 7) is 38.5. The number of nitriles is 1. The normalized spacial score (nSPS) is 16.3. The molecular formula is C100H104FN17O5S4. The van der Waals surface area contributed by atoms with E-state index in [0.717, 1.165) is 172 Å². The van der Waals surface area contributed by atoms with Crippen molar-refractivity contribution in [1.29, 1.82) is 5.26 Å². The van der Waals surface area contributed by atoms with Crippen LogP contribution in [0.5, 0.6) is 0 Å². The minimum absolute atomic E-state index is 0. The van der Waals surface area contributed by atoms with E-state index in [1.807, 2.05) is 92.2 Å². The van der Waals surface area contributed by atoms with Gasteiger partial charge in [-0.25, -0.2) is 28.8 Å². The van der Waals surface area contributed by atoms with Gasteiger partial charge < -0.3 is 34.7 Å². The molecule has 0 bridgehead atoms. The molecule has 127 heavy (non-hydrogen) atoms. The molecule has 8 aromatic carbocycles. The lowest BCUT2D eigenvalue weighted by molar-refractivity contribution is -0.124. The van der Waals surface area contributed by atoms with Gasteiger partial charge in [-0.15, -0.1) is 0 Å². The number of nitrogens with one attached hydrogen (secondary N) is 2. The number of carbonyl (C=O) groups is 5. The van der Waals surface area contributed by atoms with Crippen molar-refractivity contribution in [2.24, 2.45) is 4.99 Å². The highest BCUT2D eigenvalue weighted by molar-refractivity contribution is 7.81. The van der Waals surface area contributed by atoms with Crippen LogP contribution >= 0.6 is 48.9 Å². The van der Waals surface area contributed by atoms with E-state index in [-0.39, 0.29) is 58.3 Å². The highest BCUT2D eigenvalue weighted by Gasteiger charge is 2.62. The van der Waals surface area contributed by atoms with Crippen LogP contribution in [-0.2, 0) is 56.1 Å². The van der Waals surface area contributed by atoms with Crippen molar-refractivity contribution in [2.45, 2.75) is 201 Å². The highest BCUT2D eigenvalue weighted by Crippen LogP contribution is 2.52. The fourth-order valence-electron chi connectivity index (χ4n) is 17.3. The van der Waals surface area contributed by atoms with Crippen molar-refractivity contribution in [3.05, 3.63) is 278 Å². The second-order valence-corrected chi connectivity index (χ2v) is 33.7. The van der Waals surface area contributed by atoms with Gasteiger partial charge in [0.25, 0.3) is 23.6 Å². The number of aldehydes is 1. The first kappa shape index (κ1) is 94.6. The van der Waals surface area contributed by atoms with Crippen LogP contribution in [0.2, 0.25) is 0 Å². The lowest BCUT2D eigenvalue weighted by atomic mass is 9.75. The molecule has 2 N–H and O–H groups in total. The number of imidazole rings is 1. The first-order valence-electron chi connectivity index (χ1n) is 41.8. The number of rotatable bonds is 23. The number of amides is 4. The Morgan fingerprint density at radius 2 is 0.858 bits per heavy atom. The Kier molecular flexibility index (Phi) is 30.8. The third kappa shape index (κ3) is 19.1. The number of anilines is 8. The molecule has 1 aromatic heterocycles. The second kappa shape index (κ2) is 41.4. The zero-order valence-corrected chi connectivity index (χ0v) is 72.8. The molecule has 3 aliphatic carbocycles. The molecule has 9 aromatic rings. The molecule has 22 nitrogen and oxygen atoms in total. The average molecular weight is 1770 g/mol. The Balaban J connectivity index is 0.000000163. The molecule has 4 amide bonds. The van der Waals surface area contributed by atoms with Crippen molar-refractivity contribution < 1.29 is 28.4 Å². The summed E-state index contributed by atoms with van der Waals surface area (Å²) in [5.41, 5.74) is 14.0. The molecule has 7 fully saturated rings. The van der Waals surface area contributed by atoms with Gasteiger partial charge in [-0.1, -0.05) is 89.0 Å². The van der Waals surface area contributed by atoms with Crippen molar-refractivity contribution >= 4 is 173 Å². The number of aryl methyl sites for hydroxylation is 9. The summed E-state index contributed by atoms with van der Waals surface area (Å²) in [5, 5.41) is 13.8. The number of thiocarbonyl (C=S) groups is 4. The number of H-pyrrole nitrogens is 1. The van der Waals surface area contributed by atoms with Crippen molar-refractivity contribution in [2.75, 3.05) is 58.8 Å². The van der Waals surface area contributed by atoms with Gasteiger partial charge in [0.05, 0.1) is 44.7 Å². The number of benzene rings is 8. The summed E-state index contributed by atoms with van der Waals surface area (Å²) in [7, 11) is 0. The van der Waals surface area contributed by atoms with E-state index in [0.29, 0.717) is 110 Å². The third-order valence-corrected chi connectivity index (χ3v) is 26.0. The Bertz CT molecular complexity index is 5950. The molecule has 3 spiro atoms. The van der Waals surface area contributed by atoms with E-state index in [4.69, 9.17) is 80.4 Å². The Morgan fingerprint density at radius 3 is 1.21 bits per heavy atom. The zero-order chi connectivity index (χ0) is 87.6. The minimum Gasteiger partial charge on any atom is -0.372 e. The van der Waals surface area contributed by atoms with Crippen molar-refractivity contribution in [3.63, 3.8) is 0 Å². The molecule has 0 atom stereocenters. The number of aromatic nitrogens is 2. The summed E-state index contributed by atoms with van der Waals surface area (Å²) < 4.78 is 14.8. The maximum Gasteiger partial charge on any atom is 0.259 e. The van der Waals surface area contributed by atoms with E-state index in [1.54, 1.807) is 86.5 Å². The first-order valence-corrected chi connectivity index (χ1v) is 43.4. The van der Waals surface area contributed by atoms with Gasteiger partial charge in [-0.05, 0) is 327 Å². The molecule has 17 rings (SSSR count). The van der Waals surface area contributed by atoms with Crippen LogP contribution in [-0.4, -0.2) is 102 Å². The molecular weight excluding hydrogens is 1670 g/mol. The van der Waals surface area contributed by atoms with Gasteiger partial charge in [0.15, 0.2) is 43.2 Å². The van der Waals surface area contributed by atoms with E-state index >= 15 is 0 Å². The van der Waals surface area contributed by atoms with Gasteiger partial charge in [0, 0.05) is 90.1 Å². The SMILES string of the molecule is C.C.C.[C-]#[N+]c1ccc(N2C(=O)C3(CCC3)N(c3ccc(CCCC#N)c(F)c3)C2=S)cc1C.[C-]#[N+]c1ccc(N2C(=O)C3(CCC3)N(c3ccc(CCCC4=NCCN4)cc3)C2=S)cc1C.[C-]#[N+]c1ccc(N2C(=O)C3(CCC3)N(c3ccc(CCCC=O)cc3)C2=S)cc1C.[C-]#[N+]c1ccc(N2C(=O)CN(c3ccc(CCCc4ncc[nH]4)cc3)C2=S)cc1C. The standard InChI is InChI=1S/C26H27N5OS.C24H21FN4OS.C24H23N3O2S.C23H21N5OS.3CH4/c1-18-17-21(11-12-22(18)27-2)30-24(32)26(13-4-14-26)31(25(30)33)20-9-7-19(8-10-20)5-3-6-23-28-15-16-29-23;1-16-14-18(9-10-21(16)27-2)28-22(30)24(11-5-12-24)29(23(28)31)19-8-7-17(20(25)15-19)6-3-4-13-26;1-17-16-20(11-12-21(17)25-2)26-22(29)24(13-5-14-24)27(23(26)30)19-9-7-18(8-10-19)6-3-4-15-28;1-16-14-19(10-11-20(16)24-2)28-22(29)15-27(23(28)30)18-8-6-17(7-9-18)4-3-5-21-25-12-13-26-21;;;/h7-12,17H,3-6,13-16H2,1H3,(H,28,29);7-10,14-15H,3-6,11-12H2,1H3;7-12,15-16H,3-6,13-14H2,1H3;6-14H,3-5,15H2,1H3,(H,25,26);3*1H4. The van der Waals surface area contributed by atoms with Gasteiger partial charge in [0.2, 0.25) is 0 Å². The molecule has 5 aliphatic heterocycles. The number of carbonyl (C=O) groups excluding carboxylic acids is 5. The van der Waals surface area contributed by atoms with Crippen LogP contribution in [0, 0.1) is 71.1 Å².